The highest BCUT2D eigenvalue weighted by molar-refractivity contribution is 6.76. The molecule has 1 heterocycles. The van der Waals surface area contributed by atoms with Gasteiger partial charge in [-0.3, -0.25) is 4.79 Å². The molecule has 3 atom stereocenters. The Kier molecular flexibility index (Phi) is 4.88. The van der Waals surface area contributed by atoms with Crippen molar-refractivity contribution in [2.45, 2.75) is 29.2 Å². The number of carbonyl (C=O) groups excluding carboxylic acids is 1. The largest absolute Gasteiger partial charge is 0.352 e. The van der Waals surface area contributed by atoms with Crippen molar-refractivity contribution in [3.63, 3.8) is 0 Å². The highest BCUT2D eigenvalue weighted by atomic mass is 35.6. The zero-order valence-electron chi connectivity index (χ0n) is 8.75. The van der Waals surface area contributed by atoms with E-state index in [1.807, 2.05) is 0 Å². The van der Waals surface area contributed by atoms with Gasteiger partial charge in [-0.2, -0.15) is 0 Å². The molecule has 0 aromatic carbocycles. The zero-order valence-corrected chi connectivity index (χ0v) is 11.0. The Bertz CT molecular complexity index is 290. The van der Waals surface area contributed by atoms with Crippen LogP contribution in [-0.2, 0) is 14.3 Å². The van der Waals surface area contributed by atoms with Crippen molar-refractivity contribution < 1.29 is 14.3 Å². The van der Waals surface area contributed by atoms with Gasteiger partial charge in [-0.25, -0.2) is 0 Å². The first-order chi connectivity index (χ1) is 7.34. The maximum Gasteiger partial charge on any atom is 0.272 e. The summed E-state index contributed by atoms with van der Waals surface area (Å²) in [7, 11) is 1.53. The van der Waals surface area contributed by atoms with Gasteiger partial charge in [0.05, 0.1) is 12.1 Å². The molecule has 0 saturated heterocycles. The highest BCUT2D eigenvalue weighted by Gasteiger charge is 2.34. The minimum absolute atomic E-state index is 0.258. The summed E-state index contributed by atoms with van der Waals surface area (Å²) in [6.45, 7) is 1.79. The molecular formula is C9H12Cl3NO3. The molecule has 1 aliphatic heterocycles. The van der Waals surface area contributed by atoms with Crippen LogP contribution in [0.5, 0.6) is 0 Å². The lowest BCUT2D eigenvalue weighted by molar-refractivity contribution is -0.138. The third-order valence-corrected chi connectivity index (χ3v) is 2.63. The normalized spacial score (nSPS) is 30.2. The smallest absolute Gasteiger partial charge is 0.272 e. The Morgan fingerprint density at radius 3 is 2.50 bits per heavy atom. The number of ether oxygens (including phenoxy) is 2. The molecule has 7 heteroatoms. The first-order valence-electron chi connectivity index (χ1n) is 4.59. The van der Waals surface area contributed by atoms with Gasteiger partial charge in [-0.1, -0.05) is 40.9 Å². The second-order valence-corrected chi connectivity index (χ2v) is 5.61. The van der Waals surface area contributed by atoms with Crippen LogP contribution >= 0.6 is 34.8 Å². The van der Waals surface area contributed by atoms with E-state index >= 15 is 0 Å². The number of carbonyl (C=O) groups is 1. The van der Waals surface area contributed by atoms with Gasteiger partial charge in [0.15, 0.2) is 6.29 Å². The molecule has 0 bridgehead atoms. The van der Waals surface area contributed by atoms with Crippen molar-refractivity contribution in [1.82, 2.24) is 5.32 Å². The molecule has 1 amide bonds. The highest BCUT2D eigenvalue weighted by Crippen LogP contribution is 2.26. The first kappa shape index (κ1) is 14.1. The summed E-state index contributed by atoms with van der Waals surface area (Å²) >= 11 is 16.3. The van der Waals surface area contributed by atoms with Gasteiger partial charge in [0, 0.05) is 7.11 Å². The average molecular weight is 289 g/mol. The number of nitrogens with one attached hydrogen (secondary N) is 1. The molecular weight excluding hydrogens is 276 g/mol. The van der Waals surface area contributed by atoms with E-state index in [9.17, 15) is 4.79 Å². The van der Waals surface area contributed by atoms with Crippen molar-refractivity contribution >= 4 is 40.7 Å². The number of halogens is 3. The summed E-state index contributed by atoms with van der Waals surface area (Å²) < 4.78 is 8.42. The summed E-state index contributed by atoms with van der Waals surface area (Å²) in [5.41, 5.74) is 0. The quantitative estimate of drug-likeness (QED) is 0.622. The minimum Gasteiger partial charge on any atom is -0.352 e. The summed E-state index contributed by atoms with van der Waals surface area (Å²) in [6.07, 6.45) is 2.77. The molecule has 0 radical (unpaired) electrons. The first-order valence-corrected chi connectivity index (χ1v) is 5.72. The van der Waals surface area contributed by atoms with E-state index in [0.717, 1.165) is 0 Å². The molecule has 0 fully saturated rings. The topological polar surface area (TPSA) is 47.6 Å². The molecule has 0 spiro atoms. The van der Waals surface area contributed by atoms with Crippen LogP contribution < -0.4 is 5.32 Å². The van der Waals surface area contributed by atoms with Crippen LogP contribution in [0.25, 0.3) is 0 Å². The fraction of sp³-hybridized carbons (Fsp3) is 0.667. The Morgan fingerprint density at radius 2 is 2.06 bits per heavy atom. The molecule has 0 aromatic heterocycles. The predicted molar refractivity (Wildman–Crippen MR) is 62.7 cm³/mol. The van der Waals surface area contributed by atoms with Crippen LogP contribution in [0.1, 0.15) is 6.92 Å². The van der Waals surface area contributed by atoms with Crippen molar-refractivity contribution in [2.75, 3.05) is 7.11 Å². The van der Waals surface area contributed by atoms with E-state index in [2.05, 4.69) is 5.32 Å². The van der Waals surface area contributed by atoms with Gasteiger partial charge in [0.1, 0.15) is 0 Å². The summed E-state index contributed by atoms with van der Waals surface area (Å²) in [4.78, 5) is 11.4. The standard InChI is InChI=1S/C9H12Cl3NO3/c1-5-6(3-4-7(15-2)16-5)13-8(14)9(10,11)12/h3-7H,1-2H3,(H,13,14)/t5-,6-,7+/m1/s1. The molecule has 0 aliphatic carbocycles. The third kappa shape index (κ3) is 3.79. The summed E-state index contributed by atoms with van der Waals surface area (Å²) in [6, 6.07) is -0.338. The molecule has 16 heavy (non-hydrogen) atoms. The summed E-state index contributed by atoms with van der Waals surface area (Å²) in [5, 5.41) is 2.55. The molecule has 4 nitrogen and oxygen atoms in total. The van der Waals surface area contributed by atoms with Gasteiger partial charge < -0.3 is 14.8 Å². The third-order valence-electron chi connectivity index (χ3n) is 2.12. The monoisotopic (exact) mass is 287 g/mol. The Morgan fingerprint density at radius 1 is 1.44 bits per heavy atom. The van der Waals surface area contributed by atoms with Gasteiger partial charge in [-0.15, -0.1) is 0 Å². The second kappa shape index (κ2) is 5.56. The van der Waals surface area contributed by atoms with Gasteiger partial charge >= 0.3 is 0 Å². The molecule has 1 aliphatic rings. The lowest BCUT2D eigenvalue weighted by Crippen LogP contribution is -2.49. The lowest BCUT2D eigenvalue weighted by Gasteiger charge is -2.30. The van der Waals surface area contributed by atoms with Crippen LogP contribution in [0, 0.1) is 0 Å². The van der Waals surface area contributed by atoms with Crippen LogP contribution in [-0.4, -0.2) is 35.2 Å². The SMILES string of the molecule is CO[C@@H]1C=C[C@@H](NC(=O)C(Cl)(Cl)Cl)[C@@H](C)O1. The van der Waals surface area contributed by atoms with E-state index in [1.54, 1.807) is 19.1 Å². The zero-order chi connectivity index (χ0) is 12.3. The fourth-order valence-corrected chi connectivity index (χ4v) is 1.40. The van der Waals surface area contributed by atoms with Crippen LogP contribution in [0.2, 0.25) is 0 Å². The number of alkyl halides is 3. The van der Waals surface area contributed by atoms with E-state index in [0.29, 0.717) is 0 Å². The van der Waals surface area contributed by atoms with Gasteiger partial charge in [0.2, 0.25) is 0 Å². The van der Waals surface area contributed by atoms with Crippen LogP contribution in [0.4, 0.5) is 0 Å². The maximum atomic E-state index is 11.4. The van der Waals surface area contributed by atoms with Crippen LogP contribution in [0.3, 0.4) is 0 Å². The summed E-state index contributed by atoms with van der Waals surface area (Å²) in [5.74, 6) is -0.682. The predicted octanol–water partition coefficient (Wildman–Crippen LogP) is 1.79. The van der Waals surface area contributed by atoms with E-state index in [-0.39, 0.29) is 12.1 Å². The van der Waals surface area contributed by atoms with Crippen molar-refractivity contribution in [3.8, 4) is 0 Å². The molecule has 92 valence electrons. The maximum absolute atomic E-state index is 11.4. The van der Waals surface area contributed by atoms with Crippen molar-refractivity contribution in [1.29, 1.82) is 0 Å². The fourth-order valence-electron chi connectivity index (χ4n) is 1.24. The van der Waals surface area contributed by atoms with Crippen molar-refractivity contribution in [3.05, 3.63) is 12.2 Å². The number of rotatable bonds is 2. The number of methoxy groups -OCH3 is 1. The minimum atomic E-state index is -1.97. The average Bonchev–Trinajstić information content (AvgIpc) is 2.19. The molecule has 1 N–H and O–H groups in total. The van der Waals surface area contributed by atoms with E-state index in [4.69, 9.17) is 44.3 Å². The number of amides is 1. The van der Waals surface area contributed by atoms with Crippen molar-refractivity contribution in [2.24, 2.45) is 0 Å². The van der Waals surface area contributed by atoms with E-state index < -0.39 is 16.0 Å². The van der Waals surface area contributed by atoms with Gasteiger partial charge in [0.25, 0.3) is 9.70 Å². The molecule has 0 saturated carbocycles. The Balaban J connectivity index is 2.59. The second-order valence-electron chi connectivity index (χ2n) is 3.33. The molecule has 0 unspecified atom stereocenters. The Hall–Kier alpha value is -0.0000000000000000763. The molecule has 0 aromatic rings. The Labute approximate surface area is 109 Å². The lowest BCUT2D eigenvalue weighted by atomic mass is 10.1. The molecule has 1 rings (SSSR count). The number of hydrogen-bond acceptors (Lipinski definition) is 3. The van der Waals surface area contributed by atoms with Gasteiger partial charge in [-0.05, 0) is 13.0 Å². The van der Waals surface area contributed by atoms with Crippen LogP contribution in [0.15, 0.2) is 12.2 Å². The van der Waals surface area contributed by atoms with E-state index in [1.165, 1.54) is 7.11 Å². The number of hydrogen-bond donors (Lipinski definition) is 1.